The topological polar surface area (TPSA) is 66.8 Å². The van der Waals surface area contributed by atoms with E-state index >= 15 is 0 Å². The molecule has 1 atom stereocenters. The summed E-state index contributed by atoms with van der Waals surface area (Å²) in [4.78, 5) is 24.0. The van der Waals surface area contributed by atoms with Gasteiger partial charge < -0.3 is 9.84 Å². The molecule has 2 aromatic carbocycles. The first kappa shape index (κ1) is 14.7. The molecule has 1 heterocycles. The average molecular weight is 320 g/mol. The summed E-state index contributed by atoms with van der Waals surface area (Å²) >= 11 is 6.03. The number of carboxylic acid groups (broad SMARTS) is 1. The number of halogens is 1. The fourth-order valence-corrected chi connectivity index (χ4v) is 3.21. The number of rotatable bonds is 2. The van der Waals surface area contributed by atoms with E-state index in [4.69, 9.17) is 16.3 Å². The molecule has 0 saturated carbocycles. The maximum Gasteiger partial charge on any atom is 0.411 e. The molecule has 22 heavy (non-hydrogen) atoms. The minimum absolute atomic E-state index is 0.0796. The van der Waals surface area contributed by atoms with Gasteiger partial charge in [-0.15, -0.1) is 11.6 Å². The molecule has 1 amide bonds. The molecule has 0 fully saturated rings. The van der Waals surface area contributed by atoms with Crippen LogP contribution in [0.3, 0.4) is 0 Å². The lowest BCUT2D eigenvalue weighted by Crippen LogP contribution is -2.28. The number of fused-ring (bicyclic) bond motifs is 3. The predicted octanol–water partition coefficient (Wildman–Crippen LogP) is 3.59. The van der Waals surface area contributed by atoms with Gasteiger partial charge in [0.2, 0.25) is 0 Å². The molecule has 0 unspecified atom stereocenters. The lowest BCUT2D eigenvalue weighted by atomic mass is 9.95. The van der Waals surface area contributed by atoms with E-state index in [2.05, 4.69) is 0 Å². The Bertz CT molecular complexity index is 774. The van der Waals surface area contributed by atoms with Gasteiger partial charge >= 0.3 is 12.1 Å². The lowest BCUT2D eigenvalue weighted by Gasteiger charge is -2.15. The van der Waals surface area contributed by atoms with E-state index < -0.39 is 12.1 Å². The maximum absolute atomic E-state index is 11.5. The molecular formula is C16H14ClNO4. The van der Waals surface area contributed by atoms with Crippen molar-refractivity contribution in [2.75, 3.05) is 17.3 Å². The molecule has 3 rings (SSSR count). The van der Waals surface area contributed by atoms with Crippen molar-refractivity contribution in [1.29, 1.82) is 0 Å². The quantitative estimate of drug-likeness (QED) is 0.522. The Morgan fingerprint density at radius 1 is 1.36 bits per heavy atom. The summed E-state index contributed by atoms with van der Waals surface area (Å²) in [6.07, 6.45) is -1.04. The number of alkyl halides is 1. The summed E-state index contributed by atoms with van der Waals surface area (Å²) < 4.78 is 5.26. The third-order valence-corrected chi connectivity index (χ3v) is 4.17. The third-order valence-electron chi connectivity index (χ3n) is 3.80. The number of amides is 1. The monoisotopic (exact) mass is 319 g/mol. The standard InChI is InChI=1S/C16H14ClNO4/c1-9(19)22-14-6-13-15(12-5-3-2-4-11(12)14)10(7-17)8-18(13)16(20)21/h2-6,10H,7-8H2,1H3,(H,20,21)/t10-/m1/s1. The molecule has 0 saturated heterocycles. The zero-order valence-electron chi connectivity index (χ0n) is 11.9. The first-order valence-corrected chi connectivity index (χ1v) is 7.37. The van der Waals surface area contributed by atoms with Crippen molar-refractivity contribution >= 4 is 40.1 Å². The van der Waals surface area contributed by atoms with E-state index in [0.717, 1.165) is 16.3 Å². The van der Waals surface area contributed by atoms with Crippen molar-refractivity contribution in [2.45, 2.75) is 12.8 Å². The van der Waals surface area contributed by atoms with Crippen molar-refractivity contribution in [1.82, 2.24) is 0 Å². The number of esters is 1. The van der Waals surface area contributed by atoms with Gasteiger partial charge in [-0.1, -0.05) is 24.3 Å². The molecule has 6 heteroatoms. The lowest BCUT2D eigenvalue weighted by molar-refractivity contribution is -0.131. The fraction of sp³-hybridized carbons (Fsp3) is 0.250. The van der Waals surface area contributed by atoms with E-state index in [1.54, 1.807) is 6.07 Å². The molecule has 0 bridgehead atoms. The highest BCUT2D eigenvalue weighted by Crippen LogP contribution is 2.45. The zero-order chi connectivity index (χ0) is 15.9. The number of benzene rings is 2. The minimum Gasteiger partial charge on any atom is -0.465 e. The second-order valence-electron chi connectivity index (χ2n) is 5.19. The van der Waals surface area contributed by atoms with Crippen LogP contribution < -0.4 is 9.64 Å². The minimum atomic E-state index is -1.04. The highest BCUT2D eigenvalue weighted by Gasteiger charge is 2.34. The van der Waals surface area contributed by atoms with Gasteiger partial charge in [0.25, 0.3) is 0 Å². The van der Waals surface area contributed by atoms with E-state index in [0.29, 0.717) is 23.9 Å². The van der Waals surface area contributed by atoms with Crippen LogP contribution in [0.15, 0.2) is 30.3 Å². The molecule has 1 aliphatic rings. The van der Waals surface area contributed by atoms with Gasteiger partial charge in [-0.3, -0.25) is 9.69 Å². The second kappa shape index (κ2) is 5.50. The van der Waals surface area contributed by atoms with Crippen molar-refractivity contribution in [3.63, 3.8) is 0 Å². The average Bonchev–Trinajstić information content (AvgIpc) is 2.86. The number of hydrogen-bond donors (Lipinski definition) is 1. The van der Waals surface area contributed by atoms with E-state index in [1.165, 1.54) is 11.8 Å². The summed E-state index contributed by atoms with van der Waals surface area (Å²) in [5, 5.41) is 11.0. The second-order valence-corrected chi connectivity index (χ2v) is 5.50. The van der Waals surface area contributed by atoms with E-state index in [-0.39, 0.29) is 5.92 Å². The normalized spacial score (nSPS) is 16.6. The summed E-state index contributed by atoms with van der Waals surface area (Å²) in [5.41, 5.74) is 1.43. The molecular weight excluding hydrogens is 306 g/mol. The van der Waals surface area contributed by atoms with Crippen LogP contribution in [0, 0.1) is 0 Å². The molecule has 0 spiro atoms. The number of anilines is 1. The largest absolute Gasteiger partial charge is 0.465 e. The van der Waals surface area contributed by atoms with Gasteiger partial charge in [-0.05, 0) is 10.9 Å². The fourth-order valence-electron chi connectivity index (χ4n) is 2.96. The Labute approximate surface area is 132 Å². The van der Waals surface area contributed by atoms with Crippen LogP contribution >= 0.6 is 11.6 Å². The molecule has 114 valence electrons. The Morgan fingerprint density at radius 2 is 2.05 bits per heavy atom. The Morgan fingerprint density at radius 3 is 2.64 bits per heavy atom. The SMILES string of the molecule is CC(=O)Oc1cc2c(c3ccccc13)[C@H](CCl)CN2C(=O)O. The van der Waals surface area contributed by atoms with Crippen molar-refractivity contribution in [3.8, 4) is 5.75 Å². The van der Waals surface area contributed by atoms with Gasteiger partial charge in [0.05, 0.1) is 5.69 Å². The van der Waals surface area contributed by atoms with Crippen molar-refractivity contribution < 1.29 is 19.4 Å². The van der Waals surface area contributed by atoms with Gasteiger partial charge in [0.15, 0.2) is 0 Å². The molecule has 0 aromatic heterocycles. The van der Waals surface area contributed by atoms with Crippen LogP contribution in [-0.2, 0) is 4.79 Å². The van der Waals surface area contributed by atoms with E-state index in [9.17, 15) is 14.7 Å². The van der Waals surface area contributed by atoms with Crippen LogP contribution in [0.4, 0.5) is 10.5 Å². The van der Waals surface area contributed by atoms with Crippen LogP contribution in [0.2, 0.25) is 0 Å². The summed E-state index contributed by atoms with van der Waals surface area (Å²) in [7, 11) is 0. The Kier molecular flexibility index (Phi) is 3.66. The van der Waals surface area contributed by atoms with Gasteiger partial charge in [0, 0.05) is 36.7 Å². The summed E-state index contributed by atoms with van der Waals surface area (Å²) in [5.74, 6) is 0.166. The number of ether oxygens (including phenoxy) is 1. The van der Waals surface area contributed by atoms with Gasteiger partial charge in [-0.2, -0.15) is 0 Å². The summed E-state index contributed by atoms with van der Waals surface area (Å²) in [6.45, 7) is 1.63. The van der Waals surface area contributed by atoms with Crippen molar-refractivity contribution in [2.24, 2.45) is 0 Å². The number of carbonyl (C=O) groups is 2. The molecule has 2 aromatic rings. The predicted molar refractivity (Wildman–Crippen MR) is 84.1 cm³/mol. The number of nitrogens with zero attached hydrogens (tertiary/aromatic N) is 1. The highest BCUT2D eigenvalue weighted by atomic mass is 35.5. The first-order chi connectivity index (χ1) is 10.5. The third kappa shape index (κ3) is 2.27. The molecule has 0 aliphatic carbocycles. The maximum atomic E-state index is 11.5. The molecule has 0 radical (unpaired) electrons. The summed E-state index contributed by atoms with van der Waals surface area (Å²) in [6, 6.07) is 9.07. The zero-order valence-corrected chi connectivity index (χ0v) is 12.6. The number of hydrogen-bond acceptors (Lipinski definition) is 3. The van der Waals surface area contributed by atoms with E-state index in [1.807, 2.05) is 24.3 Å². The van der Waals surface area contributed by atoms with Crippen molar-refractivity contribution in [3.05, 3.63) is 35.9 Å². The van der Waals surface area contributed by atoms with Crippen LogP contribution in [0.5, 0.6) is 5.75 Å². The Hall–Kier alpha value is -2.27. The number of carbonyl (C=O) groups excluding carboxylic acids is 1. The van der Waals surface area contributed by atoms with Crippen LogP contribution in [0.25, 0.3) is 10.8 Å². The van der Waals surface area contributed by atoms with Gasteiger partial charge in [0.1, 0.15) is 5.75 Å². The smallest absolute Gasteiger partial charge is 0.411 e. The highest BCUT2D eigenvalue weighted by molar-refractivity contribution is 6.19. The van der Waals surface area contributed by atoms with Gasteiger partial charge in [-0.25, -0.2) is 4.79 Å². The first-order valence-electron chi connectivity index (χ1n) is 6.83. The Balaban J connectivity index is 2.31. The molecule has 5 nitrogen and oxygen atoms in total. The molecule has 1 aliphatic heterocycles. The molecule has 1 N–H and O–H groups in total. The van der Waals surface area contributed by atoms with Crippen LogP contribution in [-0.4, -0.2) is 29.6 Å². The van der Waals surface area contributed by atoms with Crippen LogP contribution in [0.1, 0.15) is 18.4 Å².